The molecule has 0 fully saturated rings. The molecule has 1 amide bonds. The summed E-state index contributed by atoms with van der Waals surface area (Å²) in [5.41, 5.74) is 1.84. The number of thiazole rings is 1. The zero-order valence-corrected chi connectivity index (χ0v) is 15.5. The molecule has 0 aliphatic heterocycles. The van der Waals surface area contributed by atoms with E-state index in [9.17, 15) is 9.59 Å². The van der Waals surface area contributed by atoms with Gasteiger partial charge in [-0.15, -0.1) is 0 Å². The second-order valence-corrected chi connectivity index (χ2v) is 6.46. The Morgan fingerprint density at radius 1 is 1.12 bits per heavy atom. The van der Waals surface area contributed by atoms with Gasteiger partial charge in [0.25, 0.3) is 5.91 Å². The Bertz CT molecular complexity index is 1050. The molecule has 0 aliphatic rings. The summed E-state index contributed by atoms with van der Waals surface area (Å²) in [5.74, 6) is -0.131. The fraction of sp³-hybridized carbons (Fsp3) is 0.211. The first-order chi connectivity index (χ1) is 12.6. The molecule has 0 saturated heterocycles. The van der Waals surface area contributed by atoms with Crippen LogP contribution in [0, 0.1) is 0 Å². The fourth-order valence-electron chi connectivity index (χ4n) is 2.62. The molecule has 6 nitrogen and oxygen atoms in total. The van der Waals surface area contributed by atoms with Crippen molar-refractivity contribution in [3.05, 3.63) is 58.4 Å². The largest absolute Gasteiger partial charge is 0.497 e. The van der Waals surface area contributed by atoms with E-state index in [1.54, 1.807) is 43.5 Å². The number of fused-ring (bicyclic) bond motifs is 1. The predicted octanol–water partition coefficient (Wildman–Crippen LogP) is 3.26. The van der Waals surface area contributed by atoms with Gasteiger partial charge in [-0.1, -0.05) is 17.4 Å². The molecule has 0 bridgehead atoms. The van der Waals surface area contributed by atoms with Crippen LogP contribution in [0.1, 0.15) is 27.6 Å². The van der Waals surface area contributed by atoms with E-state index in [-0.39, 0.29) is 5.91 Å². The van der Waals surface area contributed by atoms with Gasteiger partial charge in [0, 0.05) is 12.1 Å². The third-order valence-electron chi connectivity index (χ3n) is 3.93. The highest BCUT2D eigenvalue weighted by Crippen LogP contribution is 2.20. The SMILES string of the molecule is CCn1c(=NC(=O)c2cccc(OC)c2)sc2cc(C(=O)OC)ccc21. The molecule has 0 spiro atoms. The van der Waals surface area contributed by atoms with Crippen molar-refractivity contribution < 1.29 is 19.1 Å². The summed E-state index contributed by atoms with van der Waals surface area (Å²) in [6.45, 7) is 2.64. The van der Waals surface area contributed by atoms with Crippen LogP contribution in [0.5, 0.6) is 5.75 Å². The number of carbonyl (C=O) groups excluding carboxylic acids is 2. The average molecular weight is 370 g/mol. The number of aryl methyl sites for hydroxylation is 1. The van der Waals surface area contributed by atoms with Crippen LogP contribution < -0.4 is 9.54 Å². The number of carbonyl (C=O) groups is 2. The molecule has 0 saturated carbocycles. The molecule has 0 N–H and O–H groups in total. The number of nitrogens with zero attached hydrogens (tertiary/aromatic N) is 2. The van der Waals surface area contributed by atoms with Crippen molar-refractivity contribution in [3.8, 4) is 5.75 Å². The lowest BCUT2D eigenvalue weighted by Gasteiger charge is -2.02. The Morgan fingerprint density at radius 2 is 1.92 bits per heavy atom. The minimum atomic E-state index is -0.394. The zero-order valence-electron chi connectivity index (χ0n) is 14.7. The van der Waals surface area contributed by atoms with E-state index in [1.807, 2.05) is 17.6 Å². The van der Waals surface area contributed by atoms with Crippen molar-refractivity contribution in [2.45, 2.75) is 13.5 Å². The van der Waals surface area contributed by atoms with Crippen LogP contribution in [0.15, 0.2) is 47.5 Å². The van der Waals surface area contributed by atoms with Crippen LogP contribution in [0.4, 0.5) is 0 Å². The maximum Gasteiger partial charge on any atom is 0.337 e. The van der Waals surface area contributed by atoms with Gasteiger partial charge >= 0.3 is 5.97 Å². The lowest BCUT2D eigenvalue weighted by Crippen LogP contribution is -2.15. The van der Waals surface area contributed by atoms with Crippen molar-refractivity contribution in [2.75, 3.05) is 14.2 Å². The molecular formula is C19H18N2O4S. The van der Waals surface area contributed by atoms with E-state index in [0.717, 1.165) is 10.2 Å². The summed E-state index contributed by atoms with van der Waals surface area (Å²) in [7, 11) is 2.90. The standard InChI is InChI=1S/C19H18N2O4S/c1-4-21-15-9-8-13(18(23)25-3)11-16(15)26-19(21)20-17(22)12-6-5-7-14(10-12)24-2/h5-11H,4H2,1-3H3. The van der Waals surface area contributed by atoms with Crippen molar-refractivity contribution in [3.63, 3.8) is 0 Å². The minimum absolute atomic E-state index is 0.342. The van der Waals surface area contributed by atoms with E-state index >= 15 is 0 Å². The van der Waals surface area contributed by atoms with Gasteiger partial charge in [0.2, 0.25) is 0 Å². The van der Waals surface area contributed by atoms with Crippen LogP contribution >= 0.6 is 11.3 Å². The zero-order chi connectivity index (χ0) is 18.7. The fourth-order valence-corrected chi connectivity index (χ4v) is 3.75. The first-order valence-electron chi connectivity index (χ1n) is 8.02. The highest BCUT2D eigenvalue weighted by Gasteiger charge is 2.12. The second kappa shape index (κ2) is 7.53. The summed E-state index contributed by atoms with van der Waals surface area (Å²) in [4.78, 5) is 29.1. The summed E-state index contributed by atoms with van der Waals surface area (Å²) in [6.07, 6.45) is 0. The molecule has 0 unspecified atom stereocenters. The number of aromatic nitrogens is 1. The number of benzene rings is 2. The minimum Gasteiger partial charge on any atom is -0.497 e. The Hall–Kier alpha value is -2.93. The van der Waals surface area contributed by atoms with Gasteiger partial charge in [-0.2, -0.15) is 4.99 Å². The van der Waals surface area contributed by atoms with E-state index in [1.165, 1.54) is 18.4 Å². The molecule has 2 aromatic carbocycles. The first kappa shape index (κ1) is 17.9. The molecular weight excluding hydrogens is 352 g/mol. The molecule has 0 atom stereocenters. The van der Waals surface area contributed by atoms with Crippen LogP contribution in [0.3, 0.4) is 0 Å². The van der Waals surface area contributed by atoms with Crippen LogP contribution in [-0.2, 0) is 11.3 Å². The van der Waals surface area contributed by atoms with E-state index < -0.39 is 5.97 Å². The summed E-state index contributed by atoms with van der Waals surface area (Å²) in [6, 6.07) is 12.2. The van der Waals surface area contributed by atoms with Crippen LogP contribution in [-0.4, -0.2) is 30.7 Å². The summed E-state index contributed by atoms with van der Waals surface area (Å²) >= 11 is 1.36. The quantitative estimate of drug-likeness (QED) is 0.661. The maximum atomic E-state index is 12.5. The number of methoxy groups -OCH3 is 2. The molecule has 134 valence electrons. The van der Waals surface area contributed by atoms with Crippen LogP contribution in [0.2, 0.25) is 0 Å². The molecule has 1 aromatic heterocycles. The normalized spacial score (nSPS) is 11.6. The summed E-state index contributed by atoms with van der Waals surface area (Å²) < 4.78 is 12.7. The Labute approximate surface area is 154 Å². The third-order valence-corrected chi connectivity index (χ3v) is 4.98. The highest BCUT2D eigenvalue weighted by molar-refractivity contribution is 7.16. The number of amides is 1. The second-order valence-electron chi connectivity index (χ2n) is 5.45. The Kier molecular flexibility index (Phi) is 5.18. The highest BCUT2D eigenvalue weighted by atomic mass is 32.1. The lowest BCUT2D eigenvalue weighted by atomic mass is 10.2. The summed E-state index contributed by atoms with van der Waals surface area (Å²) in [5, 5.41) is 0. The topological polar surface area (TPSA) is 69.9 Å². The van der Waals surface area contributed by atoms with E-state index in [2.05, 4.69) is 4.99 Å². The van der Waals surface area contributed by atoms with Gasteiger partial charge in [-0.3, -0.25) is 4.79 Å². The Morgan fingerprint density at radius 3 is 2.62 bits per heavy atom. The number of hydrogen-bond donors (Lipinski definition) is 0. The van der Waals surface area contributed by atoms with Gasteiger partial charge in [-0.25, -0.2) is 4.79 Å². The van der Waals surface area contributed by atoms with E-state index in [4.69, 9.17) is 9.47 Å². The molecule has 0 aliphatic carbocycles. The van der Waals surface area contributed by atoms with Crippen molar-refractivity contribution in [1.29, 1.82) is 0 Å². The molecule has 3 rings (SSSR count). The molecule has 3 aromatic rings. The number of ether oxygens (including phenoxy) is 2. The van der Waals surface area contributed by atoms with Crippen molar-refractivity contribution in [1.82, 2.24) is 4.57 Å². The van der Waals surface area contributed by atoms with Crippen molar-refractivity contribution in [2.24, 2.45) is 4.99 Å². The average Bonchev–Trinajstić information content (AvgIpc) is 3.03. The lowest BCUT2D eigenvalue weighted by molar-refractivity contribution is 0.0601. The molecule has 1 heterocycles. The maximum absolute atomic E-state index is 12.5. The molecule has 26 heavy (non-hydrogen) atoms. The number of esters is 1. The number of rotatable bonds is 4. The Balaban J connectivity index is 2.09. The first-order valence-corrected chi connectivity index (χ1v) is 8.83. The monoisotopic (exact) mass is 370 g/mol. The van der Waals surface area contributed by atoms with Gasteiger partial charge in [0.1, 0.15) is 5.75 Å². The van der Waals surface area contributed by atoms with Gasteiger partial charge < -0.3 is 14.0 Å². The molecule has 7 heteroatoms. The van der Waals surface area contributed by atoms with Crippen molar-refractivity contribution >= 4 is 33.4 Å². The number of hydrogen-bond acceptors (Lipinski definition) is 5. The third kappa shape index (κ3) is 3.39. The van der Waals surface area contributed by atoms with Gasteiger partial charge in [0.05, 0.1) is 30.0 Å². The smallest absolute Gasteiger partial charge is 0.337 e. The van der Waals surface area contributed by atoms with Crippen LogP contribution in [0.25, 0.3) is 10.2 Å². The molecule has 0 radical (unpaired) electrons. The predicted molar refractivity (Wildman–Crippen MR) is 99.7 cm³/mol. The van der Waals surface area contributed by atoms with Gasteiger partial charge in [-0.05, 0) is 43.3 Å². The van der Waals surface area contributed by atoms with Gasteiger partial charge in [0.15, 0.2) is 4.80 Å². The van der Waals surface area contributed by atoms with E-state index in [0.29, 0.717) is 28.2 Å².